The molecule has 1 heterocycles. The smallest absolute Gasteiger partial charge is 0.323 e. The van der Waals surface area contributed by atoms with Gasteiger partial charge in [-0.1, -0.05) is 33.8 Å². The average molecular weight is 580 g/mol. The first-order valence-electron chi connectivity index (χ1n) is 12.2. The highest BCUT2D eigenvalue weighted by Gasteiger charge is 2.18. The largest absolute Gasteiger partial charge is 0.505 e. The van der Waals surface area contributed by atoms with Gasteiger partial charge in [-0.05, 0) is 88.3 Å². The number of ether oxygens (including phenoxy) is 4. The third kappa shape index (κ3) is 18.7. The van der Waals surface area contributed by atoms with Crippen LogP contribution in [-0.4, -0.2) is 80.9 Å². The van der Waals surface area contributed by atoms with Crippen molar-refractivity contribution < 1.29 is 28.8 Å². The number of aromatic nitrogens is 1. The van der Waals surface area contributed by atoms with E-state index in [0.717, 1.165) is 24.1 Å². The van der Waals surface area contributed by atoms with E-state index in [-0.39, 0.29) is 29.5 Å². The molecule has 1 aromatic rings. The molecule has 2 atom stereocenters. The molecular weight excluding hydrogens is 528 g/mol. The molecule has 0 saturated carbocycles. The first-order chi connectivity index (χ1) is 16.8. The van der Waals surface area contributed by atoms with Gasteiger partial charge in [0.1, 0.15) is 23.2 Å². The second kappa shape index (κ2) is 22.7. The quantitative estimate of drug-likeness (QED) is 0.198. The van der Waals surface area contributed by atoms with Crippen molar-refractivity contribution in [2.24, 2.45) is 0 Å². The van der Waals surface area contributed by atoms with Crippen LogP contribution in [0.2, 0.25) is 0 Å². The number of likely N-dealkylation sites (N-methyl/N-ethyl adjacent to an activating group) is 1. The van der Waals surface area contributed by atoms with Crippen LogP contribution in [0, 0.1) is 6.92 Å². The molecular formula is C27H51BrN2O6. The summed E-state index contributed by atoms with van der Waals surface area (Å²) >= 11 is 3.18. The lowest BCUT2D eigenvalue weighted by atomic mass is 10.1. The van der Waals surface area contributed by atoms with E-state index < -0.39 is 0 Å². The number of hydrogen-bond donors (Lipinski definition) is 1. The molecule has 0 amide bonds. The number of rotatable bonds is 10. The van der Waals surface area contributed by atoms with Crippen molar-refractivity contribution in [3.8, 4) is 5.75 Å². The Morgan fingerprint density at radius 3 is 2.14 bits per heavy atom. The Bertz CT molecular complexity index is 726. The summed E-state index contributed by atoms with van der Waals surface area (Å²) in [6, 6.07) is 1.58. The van der Waals surface area contributed by atoms with E-state index in [2.05, 4.69) is 32.6 Å². The van der Waals surface area contributed by atoms with Gasteiger partial charge in [-0.25, -0.2) is 4.98 Å². The molecule has 1 rings (SSSR count). The second-order valence-corrected chi connectivity index (χ2v) is 9.13. The van der Waals surface area contributed by atoms with Crippen LogP contribution in [0.4, 0.5) is 0 Å². The normalized spacial score (nSPS) is 12.4. The van der Waals surface area contributed by atoms with Crippen molar-refractivity contribution >= 4 is 28.0 Å². The summed E-state index contributed by atoms with van der Waals surface area (Å²) in [7, 11) is 8.43. The topological polar surface area (TPSA) is 90.4 Å². The minimum absolute atomic E-state index is 0.0317. The zero-order chi connectivity index (χ0) is 28.9. The lowest BCUT2D eigenvalue weighted by Crippen LogP contribution is -2.35. The summed E-state index contributed by atoms with van der Waals surface area (Å²) < 4.78 is 20.2. The Morgan fingerprint density at radius 2 is 1.78 bits per heavy atom. The Morgan fingerprint density at radius 1 is 1.22 bits per heavy atom. The molecule has 0 fully saturated rings. The summed E-state index contributed by atoms with van der Waals surface area (Å²) in [4.78, 5) is 17.0. The number of esters is 1. The molecule has 0 aromatic carbocycles. The highest BCUT2D eigenvalue weighted by molar-refractivity contribution is 9.10. The maximum Gasteiger partial charge on any atom is 0.323 e. The lowest BCUT2D eigenvalue weighted by molar-refractivity contribution is -0.146. The number of methoxy groups -OCH3 is 3. The van der Waals surface area contributed by atoms with Gasteiger partial charge in [0, 0.05) is 14.2 Å². The van der Waals surface area contributed by atoms with Gasteiger partial charge in [-0.2, -0.15) is 0 Å². The van der Waals surface area contributed by atoms with Crippen molar-refractivity contribution in [2.75, 3.05) is 42.2 Å². The fourth-order valence-corrected chi connectivity index (χ4v) is 2.57. The minimum atomic E-state index is -0.160. The Kier molecular flexibility index (Phi) is 24.5. The number of halogens is 1. The van der Waals surface area contributed by atoms with Gasteiger partial charge in [-0.3, -0.25) is 9.69 Å². The third-order valence-corrected chi connectivity index (χ3v) is 5.57. The minimum Gasteiger partial charge on any atom is -0.505 e. The molecule has 212 valence electrons. The number of aromatic hydroxyl groups is 1. The first-order valence-corrected chi connectivity index (χ1v) is 13.0. The van der Waals surface area contributed by atoms with Crippen LogP contribution in [0.3, 0.4) is 0 Å². The van der Waals surface area contributed by atoms with E-state index in [0.29, 0.717) is 11.4 Å². The van der Waals surface area contributed by atoms with Crippen molar-refractivity contribution in [3.05, 3.63) is 28.0 Å². The molecule has 0 saturated heterocycles. The van der Waals surface area contributed by atoms with E-state index in [1.807, 2.05) is 79.6 Å². The maximum atomic E-state index is 10.9. The van der Waals surface area contributed by atoms with Crippen LogP contribution in [0.5, 0.6) is 5.75 Å². The molecule has 1 aromatic heterocycles. The van der Waals surface area contributed by atoms with Gasteiger partial charge in [-0.15, -0.1) is 0 Å². The molecule has 36 heavy (non-hydrogen) atoms. The van der Waals surface area contributed by atoms with Crippen LogP contribution in [0.25, 0.3) is 6.08 Å². The number of carbonyl (C=O) groups excluding carboxylic acids is 1. The summed E-state index contributed by atoms with van der Waals surface area (Å²) in [6.45, 7) is 16.4. The van der Waals surface area contributed by atoms with E-state index in [1.54, 1.807) is 20.3 Å². The van der Waals surface area contributed by atoms with Gasteiger partial charge >= 0.3 is 5.97 Å². The Labute approximate surface area is 228 Å². The summed E-state index contributed by atoms with van der Waals surface area (Å²) in [5, 5.41) is 9.39. The summed E-state index contributed by atoms with van der Waals surface area (Å²) in [5.74, 6) is -0.00283. The van der Waals surface area contributed by atoms with E-state index in [4.69, 9.17) is 14.2 Å². The predicted molar refractivity (Wildman–Crippen MR) is 152 cm³/mol. The molecule has 0 aliphatic heterocycles. The fourth-order valence-electron chi connectivity index (χ4n) is 2.26. The van der Waals surface area contributed by atoms with Crippen molar-refractivity contribution in [2.45, 2.75) is 86.0 Å². The molecule has 0 spiro atoms. The standard InChI is InChI=1S/C11H14BrNO2.C7H15NO2.C7H16O2.C2H6/c1-7-6-10(14)11(12)13-9(7)5-4-8(2)15-3;1-5-6(8(2)3)7(9)10-4;1-5-7(2,3)9-6-8-4;1-2/h4-6,8,14H,1-3H3;6H,5H2,1-4H3;5-6H2,1-4H3;1-2H3/b5-4-;;;. The first kappa shape index (κ1) is 39.0. The monoisotopic (exact) mass is 578 g/mol. The zero-order valence-corrected chi connectivity index (χ0v) is 26.4. The van der Waals surface area contributed by atoms with Gasteiger partial charge in [0.25, 0.3) is 0 Å². The van der Waals surface area contributed by atoms with Gasteiger partial charge in [0.2, 0.25) is 0 Å². The number of pyridine rings is 1. The van der Waals surface area contributed by atoms with Crippen LogP contribution in [0.1, 0.15) is 72.6 Å². The highest BCUT2D eigenvalue weighted by atomic mass is 79.9. The number of nitrogens with zero attached hydrogens (tertiary/aromatic N) is 2. The molecule has 9 heteroatoms. The molecule has 0 aliphatic rings. The summed E-state index contributed by atoms with van der Waals surface area (Å²) in [6.07, 6.45) is 5.65. The van der Waals surface area contributed by atoms with Gasteiger partial charge < -0.3 is 24.1 Å². The Hall–Kier alpha value is -1.52. The second-order valence-electron chi connectivity index (χ2n) is 8.38. The van der Waals surface area contributed by atoms with E-state index in [9.17, 15) is 9.90 Å². The van der Waals surface area contributed by atoms with Crippen LogP contribution < -0.4 is 0 Å². The molecule has 0 radical (unpaired) electrons. The van der Waals surface area contributed by atoms with Crippen molar-refractivity contribution in [1.29, 1.82) is 0 Å². The van der Waals surface area contributed by atoms with Crippen LogP contribution in [-0.2, 0) is 23.7 Å². The van der Waals surface area contributed by atoms with Crippen LogP contribution in [0.15, 0.2) is 16.7 Å². The molecule has 8 nitrogen and oxygen atoms in total. The molecule has 2 unspecified atom stereocenters. The van der Waals surface area contributed by atoms with E-state index in [1.165, 1.54) is 7.11 Å². The maximum absolute atomic E-state index is 10.9. The number of hydrogen-bond acceptors (Lipinski definition) is 8. The predicted octanol–water partition coefficient (Wildman–Crippen LogP) is 6.23. The summed E-state index contributed by atoms with van der Waals surface area (Å²) in [5.41, 5.74) is 1.72. The zero-order valence-electron chi connectivity index (χ0n) is 24.8. The molecule has 0 aliphatic carbocycles. The Balaban J connectivity index is -0.000000457. The fraction of sp³-hybridized carbons (Fsp3) is 0.704. The van der Waals surface area contributed by atoms with E-state index >= 15 is 0 Å². The number of carbonyl (C=O) groups is 1. The van der Waals surface area contributed by atoms with Gasteiger partial charge in [0.15, 0.2) is 0 Å². The third-order valence-electron chi connectivity index (χ3n) is 4.99. The lowest BCUT2D eigenvalue weighted by Gasteiger charge is -2.22. The van der Waals surface area contributed by atoms with Crippen molar-refractivity contribution in [1.82, 2.24) is 9.88 Å². The van der Waals surface area contributed by atoms with Crippen molar-refractivity contribution in [3.63, 3.8) is 0 Å². The van der Waals surface area contributed by atoms with Gasteiger partial charge in [0.05, 0.1) is 24.5 Å². The average Bonchev–Trinajstić information content (AvgIpc) is 2.86. The molecule has 0 bridgehead atoms. The van der Waals surface area contributed by atoms with Crippen LogP contribution >= 0.6 is 15.9 Å². The molecule has 1 N–H and O–H groups in total. The SMILES string of the molecule is CC.CCC(C(=O)OC)N(C)C.CCC(C)(C)OCOC.COC(C)/C=C\c1nc(Br)c(O)cc1C. The highest BCUT2D eigenvalue weighted by Crippen LogP contribution is 2.24. The number of aryl methyl sites for hydroxylation is 1.